The number of carbonyl (C=O) groups excluding carboxylic acids is 1. The van der Waals surface area contributed by atoms with Gasteiger partial charge < -0.3 is 10.2 Å². The topological polar surface area (TPSA) is 58.1 Å². The van der Waals surface area contributed by atoms with Gasteiger partial charge in [-0.3, -0.25) is 4.79 Å². The summed E-state index contributed by atoms with van der Waals surface area (Å²) in [5, 5.41) is 2.98. The maximum absolute atomic E-state index is 12.9. The number of anilines is 3. The average Bonchev–Trinajstić information content (AvgIpc) is 2.65. The number of hydrogen-bond donors (Lipinski definition) is 1. The zero-order chi connectivity index (χ0) is 20.3. The lowest BCUT2D eigenvalue weighted by Gasteiger charge is -2.22. The van der Waals surface area contributed by atoms with Crippen molar-refractivity contribution < 1.29 is 4.79 Å². The Morgan fingerprint density at radius 1 is 0.964 bits per heavy atom. The molecule has 2 aromatic carbocycles. The molecule has 0 unspecified atom stereocenters. The van der Waals surface area contributed by atoms with E-state index in [4.69, 9.17) is 0 Å². The van der Waals surface area contributed by atoms with Crippen molar-refractivity contribution in [3.63, 3.8) is 0 Å². The van der Waals surface area contributed by atoms with Gasteiger partial charge in [0.1, 0.15) is 5.69 Å². The molecule has 0 bridgehead atoms. The maximum Gasteiger partial charge on any atom is 0.274 e. The highest BCUT2D eigenvalue weighted by atomic mass is 16.1. The Morgan fingerprint density at radius 3 is 2.43 bits per heavy atom. The molecule has 3 aromatic rings. The van der Waals surface area contributed by atoms with Crippen molar-refractivity contribution in [3.05, 3.63) is 76.6 Å². The molecule has 0 aliphatic carbocycles. The van der Waals surface area contributed by atoms with E-state index in [0.717, 1.165) is 33.8 Å². The molecule has 5 nitrogen and oxygen atoms in total. The van der Waals surface area contributed by atoms with Crippen molar-refractivity contribution in [3.8, 4) is 0 Å². The van der Waals surface area contributed by atoms with Crippen molar-refractivity contribution in [1.29, 1.82) is 0 Å². The smallest absolute Gasteiger partial charge is 0.274 e. The predicted molar refractivity (Wildman–Crippen MR) is 114 cm³/mol. The zero-order valence-electron chi connectivity index (χ0n) is 17.1. The van der Waals surface area contributed by atoms with Crippen molar-refractivity contribution >= 4 is 23.2 Å². The van der Waals surface area contributed by atoms with Crippen molar-refractivity contribution in [1.82, 2.24) is 9.97 Å². The fourth-order valence-electron chi connectivity index (χ4n) is 3.08. The molecular formula is C23H26N4O. The highest BCUT2D eigenvalue weighted by Gasteiger charge is 2.16. The number of hydrogen-bond acceptors (Lipinski definition) is 4. The molecule has 1 amide bonds. The lowest BCUT2D eigenvalue weighted by molar-refractivity contribution is 0.102. The van der Waals surface area contributed by atoms with E-state index in [9.17, 15) is 4.79 Å². The van der Waals surface area contributed by atoms with Crippen LogP contribution in [0.4, 0.5) is 17.3 Å². The second-order valence-corrected chi connectivity index (χ2v) is 7.05. The van der Waals surface area contributed by atoms with Crippen LogP contribution in [0.25, 0.3) is 0 Å². The molecule has 0 fully saturated rings. The Bertz CT molecular complexity index is 1010. The van der Waals surface area contributed by atoms with Gasteiger partial charge in [-0.25, -0.2) is 9.97 Å². The molecule has 3 rings (SSSR count). The van der Waals surface area contributed by atoms with Gasteiger partial charge in [-0.05, 0) is 75.6 Å². The number of aryl methyl sites for hydroxylation is 4. The van der Waals surface area contributed by atoms with Crippen LogP contribution in [-0.4, -0.2) is 22.4 Å². The fourth-order valence-corrected chi connectivity index (χ4v) is 3.08. The van der Waals surface area contributed by atoms with Gasteiger partial charge >= 0.3 is 0 Å². The molecule has 0 aliphatic rings. The van der Waals surface area contributed by atoms with Crippen LogP contribution in [-0.2, 0) is 0 Å². The number of carbonyl (C=O) groups is 1. The lowest BCUT2D eigenvalue weighted by Crippen LogP contribution is -2.22. The van der Waals surface area contributed by atoms with Gasteiger partial charge in [-0.15, -0.1) is 0 Å². The maximum atomic E-state index is 12.9. The minimum atomic E-state index is -0.235. The minimum Gasteiger partial charge on any atom is -0.320 e. The van der Waals surface area contributed by atoms with Gasteiger partial charge in [-0.1, -0.05) is 24.3 Å². The molecule has 0 atom stereocenters. The summed E-state index contributed by atoms with van der Waals surface area (Å²) < 4.78 is 0. The summed E-state index contributed by atoms with van der Waals surface area (Å²) in [5.74, 6) is 0.292. The van der Waals surface area contributed by atoms with Crippen molar-refractivity contribution in [2.75, 3.05) is 16.8 Å². The third-order valence-corrected chi connectivity index (χ3v) is 4.59. The van der Waals surface area contributed by atoms with Crippen LogP contribution < -0.4 is 10.2 Å². The summed E-state index contributed by atoms with van der Waals surface area (Å²) >= 11 is 0. The molecule has 0 saturated heterocycles. The molecule has 0 spiro atoms. The summed E-state index contributed by atoms with van der Waals surface area (Å²) in [4.78, 5) is 24.0. The van der Waals surface area contributed by atoms with Gasteiger partial charge in [-0.2, -0.15) is 0 Å². The SMILES string of the molecule is CCN(c1cccc(C)c1)c1nc(C)cc(C(=O)Nc2cc(C)ccc2C)n1. The van der Waals surface area contributed by atoms with Crippen molar-refractivity contribution in [2.24, 2.45) is 0 Å². The third-order valence-electron chi connectivity index (χ3n) is 4.59. The summed E-state index contributed by atoms with van der Waals surface area (Å²) in [6.07, 6.45) is 0. The third kappa shape index (κ3) is 4.36. The number of benzene rings is 2. The van der Waals surface area contributed by atoms with Crippen LogP contribution in [0, 0.1) is 27.7 Å². The molecule has 5 heteroatoms. The zero-order valence-corrected chi connectivity index (χ0v) is 17.1. The van der Waals surface area contributed by atoms with Crippen LogP contribution in [0.3, 0.4) is 0 Å². The minimum absolute atomic E-state index is 0.235. The first kappa shape index (κ1) is 19.5. The largest absolute Gasteiger partial charge is 0.320 e. The molecule has 1 aromatic heterocycles. The van der Waals surface area contributed by atoms with E-state index in [0.29, 0.717) is 18.2 Å². The van der Waals surface area contributed by atoms with E-state index < -0.39 is 0 Å². The van der Waals surface area contributed by atoms with E-state index in [1.54, 1.807) is 6.07 Å². The van der Waals surface area contributed by atoms with Crippen molar-refractivity contribution in [2.45, 2.75) is 34.6 Å². The summed E-state index contributed by atoms with van der Waals surface area (Å²) in [6, 6.07) is 15.9. The molecule has 0 aliphatic heterocycles. The molecule has 28 heavy (non-hydrogen) atoms. The monoisotopic (exact) mass is 374 g/mol. The lowest BCUT2D eigenvalue weighted by atomic mass is 10.1. The van der Waals surface area contributed by atoms with Crippen LogP contribution in [0.2, 0.25) is 0 Å². The highest BCUT2D eigenvalue weighted by Crippen LogP contribution is 2.24. The second-order valence-electron chi connectivity index (χ2n) is 7.05. The van der Waals surface area contributed by atoms with Gasteiger partial charge in [0.25, 0.3) is 5.91 Å². The molecule has 144 valence electrons. The standard InChI is InChI=1S/C23H26N4O/c1-6-27(19-9-7-8-15(2)12-19)23-24-18(5)14-21(26-23)22(28)25-20-13-16(3)10-11-17(20)4/h7-14H,6H2,1-5H3,(H,25,28). The summed E-state index contributed by atoms with van der Waals surface area (Å²) in [6.45, 7) is 10.7. The van der Waals surface area contributed by atoms with E-state index in [1.165, 1.54) is 0 Å². The molecule has 0 saturated carbocycles. The summed E-state index contributed by atoms with van der Waals surface area (Å²) in [5.41, 5.74) is 6.19. The Balaban J connectivity index is 1.94. The van der Waals surface area contributed by atoms with Gasteiger partial charge in [0, 0.05) is 23.6 Å². The molecule has 0 radical (unpaired) electrons. The highest BCUT2D eigenvalue weighted by molar-refractivity contribution is 6.03. The summed E-state index contributed by atoms with van der Waals surface area (Å²) in [7, 11) is 0. The Labute approximate surface area is 166 Å². The number of nitrogens with one attached hydrogen (secondary N) is 1. The van der Waals surface area contributed by atoms with Crippen LogP contribution in [0.15, 0.2) is 48.5 Å². The molecular weight excluding hydrogens is 348 g/mol. The first-order chi connectivity index (χ1) is 13.4. The normalized spacial score (nSPS) is 10.6. The van der Waals surface area contributed by atoms with Crippen LogP contribution in [0.5, 0.6) is 0 Å². The van der Waals surface area contributed by atoms with Crippen LogP contribution >= 0.6 is 0 Å². The first-order valence-corrected chi connectivity index (χ1v) is 9.46. The number of rotatable bonds is 5. The predicted octanol–water partition coefficient (Wildman–Crippen LogP) is 5.12. The number of amides is 1. The Morgan fingerprint density at radius 2 is 1.71 bits per heavy atom. The van der Waals surface area contributed by atoms with E-state index in [-0.39, 0.29) is 5.91 Å². The fraction of sp³-hybridized carbons (Fsp3) is 0.261. The molecule has 1 heterocycles. The Kier molecular flexibility index (Phi) is 5.73. The quantitative estimate of drug-likeness (QED) is 0.673. The number of aromatic nitrogens is 2. The van der Waals surface area contributed by atoms with Gasteiger partial charge in [0.05, 0.1) is 0 Å². The van der Waals surface area contributed by atoms with Gasteiger partial charge in [0.15, 0.2) is 0 Å². The van der Waals surface area contributed by atoms with E-state index in [1.807, 2.05) is 62.9 Å². The van der Waals surface area contributed by atoms with E-state index in [2.05, 4.69) is 34.3 Å². The van der Waals surface area contributed by atoms with E-state index >= 15 is 0 Å². The van der Waals surface area contributed by atoms with Gasteiger partial charge in [0.2, 0.25) is 5.95 Å². The number of nitrogens with zero attached hydrogens (tertiary/aromatic N) is 3. The second kappa shape index (κ2) is 8.21. The molecule has 1 N–H and O–H groups in total. The first-order valence-electron chi connectivity index (χ1n) is 9.46. The average molecular weight is 374 g/mol. The Hall–Kier alpha value is -3.21. The van der Waals surface area contributed by atoms with Crippen LogP contribution in [0.1, 0.15) is 39.8 Å².